The van der Waals surface area contributed by atoms with E-state index in [1.165, 1.54) is 22.7 Å². The molecule has 4 rings (SSSR count). The van der Waals surface area contributed by atoms with E-state index in [1.807, 2.05) is 44.2 Å². The summed E-state index contributed by atoms with van der Waals surface area (Å²) in [6, 6.07) is 16.2. The van der Waals surface area contributed by atoms with E-state index in [4.69, 9.17) is 0 Å². The second-order valence-corrected chi connectivity index (χ2v) is 8.51. The van der Waals surface area contributed by atoms with Crippen LogP contribution in [0.25, 0.3) is 16.6 Å². The highest BCUT2D eigenvalue weighted by molar-refractivity contribution is 8.00. The van der Waals surface area contributed by atoms with Crippen molar-refractivity contribution in [1.29, 1.82) is 0 Å². The summed E-state index contributed by atoms with van der Waals surface area (Å²) in [6.07, 6.45) is 0.694. The van der Waals surface area contributed by atoms with E-state index in [2.05, 4.69) is 52.0 Å². The predicted octanol–water partition coefficient (Wildman–Crippen LogP) is 5.32. The molecule has 0 bridgehead atoms. The van der Waals surface area contributed by atoms with E-state index in [1.54, 1.807) is 0 Å². The molecule has 1 N–H and O–H groups in total. The molecule has 2 aromatic carbocycles. The van der Waals surface area contributed by atoms with Gasteiger partial charge in [-0.2, -0.15) is 0 Å². The smallest absolute Gasteiger partial charge is 0.237 e. The van der Waals surface area contributed by atoms with Gasteiger partial charge >= 0.3 is 0 Å². The molecule has 6 heteroatoms. The third kappa shape index (κ3) is 3.72. The van der Waals surface area contributed by atoms with Crippen molar-refractivity contribution < 1.29 is 4.79 Å². The van der Waals surface area contributed by atoms with Gasteiger partial charge in [-0.15, -0.1) is 10.2 Å². The monoisotopic (exact) mass is 404 g/mol. The molecule has 2 aromatic heterocycles. The van der Waals surface area contributed by atoms with Crippen molar-refractivity contribution in [2.45, 2.75) is 44.5 Å². The number of anilines is 1. The topological polar surface area (TPSA) is 59.3 Å². The van der Waals surface area contributed by atoms with Crippen LogP contribution in [0.5, 0.6) is 0 Å². The van der Waals surface area contributed by atoms with Crippen molar-refractivity contribution in [3.05, 3.63) is 65.2 Å². The first-order valence-electron chi connectivity index (χ1n) is 9.76. The maximum Gasteiger partial charge on any atom is 0.237 e. The highest BCUT2D eigenvalue weighted by Crippen LogP contribution is 2.31. The highest BCUT2D eigenvalue weighted by atomic mass is 32.2. The van der Waals surface area contributed by atoms with Gasteiger partial charge in [0.15, 0.2) is 10.8 Å². The molecule has 0 radical (unpaired) electrons. The summed E-state index contributed by atoms with van der Waals surface area (Å²) in [4.78, 5) is 12.9. The molecule has 4 aromatic rings. The summed E-state index contributed by atoms with van der Waals surface area (Å²) in [5, 5.41) is 13.5. The minimum Gasteiger partial charge on any atom is -0.325 e. The zero-order valence-corrected chi connectivity index (χ0v) is 17.9. The van der Waals surface area contributed by atoms with Gasteiger partial charge in [0.1, 0.15) is 0 Å². The Balaban J connectivity index is 1.69. The molecule has 0 aliphatic rings. The fourth-order valence-corrected chi connectivity index (χ4v) is 4.48. The summed E-state index contributed by atoms with van der Waals surface area (Å²) < 4.78 is 2.07. The first-order chi connectivity index (χ1) is 14.0. The highest BCUT2D eigenvalue weighted by Gasteiger charge is 2.22. The number of benzene rings is 2. The number of fused-ring (bicyclic) bond motifs is 3. The lowest BCUT2D eigenvalue weighted by Gasteiger charge is -2.15. The number of nitrogens with one attached hydrogen (secondary N) is 1. The van der Waals surface area contributed by atoms with Crippen molar-refractivity contribution in [3.63, 3.8) is 0 Å². The molecule has 0 fully saturated rings. The Kier molecular flexibility index (Phi) is 5.28. The van der Waals surface area contributed by atoms with Crippen LogP contribution in [-0.4, -0.2) is 25.8 Å². The normalized spacial score (nSPS) is 12.4. The number of amides is 1. The minimum atomic E-state index is -0.260. The molecule has 1 atom stereocenters. The van der Waals surface area contributed by atoms with Crippen molar-refractivity contribution in [2.24, 2.45) is 0 Å². The number of thioether (sulfide) groups is 1. The molecule has 0 aliphatic carbocycles. The number of pyridine rings is 1. The SMILES string of the molecule is CCC(Sc1nnc2cc(C)c3cccc(C)c3n12)C(=O)Nc1ccc(C)cc1. The summed E-state index contributed by atoms with van der Waals surface area (Å²) in [6.45, 7) is 8.23. The molecule has 29 heavy (non-hydrogen) atoms. The summed E-state index contributed by atoms with van der Waals surface area (Å²) in [5.41, 5.74) is 6.21. The number of para-hydroxylation sites is 1. The third-order valence-corrected chi connectivity index (χ3v) is 6.43. The van der Waals surface area contributed by atoms with Gasteiger partial charge in [0.2, 0.25) is 5.91 Å². The first-order valence-corrected chi connectivity index (χ1v) is 10.6. The average Bonchev–Trinajstić information content (AvgIpc) is 3.10. The number of aromatic nitrogens is 3. The molecule has 0 aliphatic heterocycles. The second-order valence-electron chi connectivity index (χ2n) is 7.34. The number of carbonyl (C=O) groups excluding carboxylic acids is 1. The van der Waals surface area contributed by atoms with Crippen molar-refractivity contribution in [1.82, 2.24) is 14.6 Å². The van der Waals surface area contributed by atoms with Crippen molar-refractivity contribution >= 4 is 39.9 Å². The molecule has 0 saturated carbocycles. The maximum atomic E-state index is 12.9. The Morgan fingerprint density at radius 1 is 1.07 bits per heavy atom. The van der Waals surface area contributed by atoms with Crippen LogP contribution >= 0.6 is 11.8 Å². The summed E-state index contributed by atoms with van der Waals surface area (Å²) in [7, 11) is 0. The standard InChI is InChI=1S/C23H24N4OS/c1-5-19(22(28)24-17-11-9-14(2)10-12-17)29-23-26-25-20-13-16(4)18-8-6-7-15(3)21(18)27(20)23/h6-13,19H,5H2,1-4H3,(H,24,28). The zero-order chi connectivity index (χ0) is 20.5. The fourth-order valence-electron chi connectivity index (χ4n) is 3.52. The Morgan fingerprint density at radius 2 is 1.83 bits per heavy atom. The molecular weight excluding hydrogens is 380 g/mol. The Bertz CT molecular complexity index is 1200. The van der Waals surface area contributed by atoms with E-state index < -0.39 is 0 Å². The van der Waals surface area contributed by atoms with Crippen LogP contribution in [0.3, 0.4) is 0 Å². The lowest BCUT2D eigenvalue weighted by atomic mass is 10.1. The third-order valence-electron chi connectivity index (χ3n) is 5.12. The second kappa shape index (κ2) is 7.87. The van der Waals surface area contributed by atoms with Crippen LogP contribution < -0.4 is 5.32 Å². The zero-order valence-electron chi connectivity index (χ0n) is 17.1. The molecule has 148 valence electrons. The Morgan fingerprint density at radius 3 is 2.55 bits per heavy atom. The Hall–Kier alpha value is -2.86. The molecule has 0 saturated heterocycles. The van der Waals surface area contributed by atoms with Crippen molar-refractivity contribution in [3.8, 4) is 0 Å². The predicted molar refractivity (Wildman–Crippen MR) is 120 cm³/mol. The van der Waals surface area contributed by atoms with Crippen molar-refractivity contribution in [2.75, 3.05) is 5.32 Å². The van der Waals surface area contributed by atoms with E-state index in [-0.39, 0.29) is 11.2 Å². The van der Waals surface area contributed by atoms with Crippen LogP contribution in [0.2, 0.25) is 0 Å². The van der Waals surface area contributed by atoms with Gasteiger partial charge in [0.05, 0.1) is 10.8 Å². The number of rotatable bonds is 5. The number of hydrogen-bond acceptors (Lipinski definition) is 4. The first kappa shape index (κ1) is 19.5. The minimum absolute atomic E-state index is 0.0220. The van der Waals surface area contributed by atoms with Gasteiger partial charge in [-0.25, -0.2) is 0 Å². The van der Waals surface area contributed by atoms with E-state index in [0.29, 0.717) is 6.42 Å². The van der Waals surface area contributed by atoms with Gasteiger partial charge in [0.25, 0.3) is 0 Å². The number of nitrogens with zero attached hydrogens (tertiary/aromatic N) is 3. The van der Waals surface area contributed by atoms with Crippen LogP contribution in [0, 0.1) is 20.8 Å². The van der Waals surface area contributed by atoms with Gasteiger partial charge < -0.3 is 5.32 Å². The fraction of sp³-hybridized carbons (Fsp3) is 0.261. The summed E-state index contributed by atoms with van der Waals surface area (Å²) >= 11 is 1.46. The van der Waals surface area contributed by atoms with Crippen LogP contribution in [0.4, 0.5) is 5.69 Å². The molecule has 5 nitrogen and oxygen atoms in total. The number of aryl methyl sites for hydroxylation is 3. The molecule has 1 amide bonds. The number of carbonyl (C=O) groups is 1. The van der Waals surface area contributed by atoms with Crippen LogP contribution in [0.15, 0.2) is 53.7 Å². The Labute approximate surface area is 174 Å². The van der Waals surface area contributed by atoms with Crippen LogP contribution in [-0.2, 0) is 4.79 Å². The van der Waals surface area contributed by atoms with Gasteiger partial charge in [-0.05, 0) is 56.5 Å². The van der Waals surface area contributed by atoms with E-state index in [0.717, 1.165) is 33.1 Å². The maximum absolute atomic E-state index is 12.9. The van der Waals surface area contributed by atoms with Crippen LogP contribution in [0.1, 0.15) is 30.0 Å². The summed E-state index contributed by atoms with van der Waals surface area (Å²) in [5.74, 6) is -0.0220. The lowest BCUT2D eigenvalue weighted by molar-refractivity contribution is -0.115. The van der Waals surface area contributed by atoms with Gasteiger partial charge in [0, 0.05) is 11.1 Å². The molecular formula is C23H24N4OS. The van der Waals surface area contributed by atoms with E-state index in [9.17, 15) is 4.79 Å². The quantitative estimate of drug-likeness (QED) is 0.458. The van der Waals surface area contributed by atoms with Gasteiger partial charge in [-0.1, -0.05) is 54.6 Å². The number of hydrogen-bond donors (Lipinski definition) is 1. The lowest BCUT2D eigenvalue weighted by Crippen LogP contribution is -2.24. The average molecular weight is 405 g/mol. The molecule has 2 heterocycles. The molecule has 0 spiro atoms. The largest absolute Gasteiger partial charge is 0.325 e. The molecule has 1 unspecified atom stereocenters. The van der Waals surface area contributed by atoms with Gasteiger partial charge in [-0.3, -0.25) is 9.20 Å². The van der Waals surface area contributed by atoms with E-state index >= 15 is 0 Å².